The summed E-state index contributed by atoms with van der Waals surface area (Å²) in [7, 11) is 0. The van der Waals surface area contributed by atoms with Crippen molar-refractivity contribution in [1.29, 1.82) is 5.26 Å². The van der Waals surface area contributed by atoms with Gasteiger partial charge in [0.15, 0.2) is 0 Å². The average Bonchev–Trinajstić information content (AvgIpc) is 3.21. The lowest BCUT2D eigenvalue weighted by Gasteiger charge is -2.08. The van der Waals surface area contributed by atoms with Crippen LogP contribution in [0.1, 0.15) is 37.7 Å². The van der Waals surface area contributed by atoms with Crippen molar-refractivity contribution < 1.29 is 4.74 Å². The highest BCUT2D eigenvalue weighted by atomic mass is 16.5. The van der Waals surface area contributed by atoms with Gasteiger partial charge in [0, 0.05) is 19.0 Å². The van der Waals surface area contributed by atoms with Gasteiger partial charge in [-0.15, -0.1) is 0 Å². The molecule has 2 rings (SSSR count). The Kier molecular flexibility index (Phi) is 5.04. The van der Waals surface area contributed by atoms with Crippen molar-refractivity contribution in [2.24, 2.45) is 0 Å². The molecule has 1 aromatic rings. The second-order valence-electron chi connectivity index (χ2n) is 4.77. The molecule has 0 bridgehead atoms. The summed E-state index contributed by atoms with van der Waals surface area (Å²) in [5.74, 6) is 0.932. The normalized spacial score (nSPS) is 14.2. The lowest BCUT2D eigenvalue weighted by molar-refractivity contribution is 0.307. The molecule has 0 unspecified atom stereocenters. The lowest BCUT2D eigenvalue weighted by atomic mass is 10.2. The van der Waals surface area contributed by atoms with E-state index in [-0.39, 0.29) is 0 Å². The Morgan fingerprint density at radius 3 is 3.00 bits per heavy atom. The van der Waals surface area contributed by atoms with E-state index >= 15 is 0 Å². The number of hydrogen-bond donors (Lipinski definition) is 1. The van der Waals surface area contributed by atoms with Crippen molar-refractivity contribution in [3.8, 4) is 11.8 Å². The Morgan fingerprint density at radius 1 is 1.33 bits per heavy atom. The van der Waals surface area contributed by atoms with Crippen LogP contribution >= 0.6 is 0 Å². The number of nitrogens with zero attached hydrogens (tertiary/aromatic N) is 1. The second kappa shape index (κ2) is 7.03. The molecule has 1 fully saturated rings. The van der Waals surface area contributed by atoms with Gasteiger partial charge in [-0.1, -0.05) is 12.1 Å². The summed E-state index contributed by atoms with van der Waals surface area (Å²) < 4.78 is 5.68. The van der Waals surface area contributed by atoms with Crippen LogP contribution in [0.15, 0.2) is 24.3 Å². The minimum absolute atomic E-state index is 0.620. The summed E-state index contributed by atoms with van der Waals surface area (Å²) in [5.41, 5.74) is 1.27. The number of ether oxygens (including phenoxy) is 1. The third kappa shape index (κ3) is 4.77. The van der Waals surface area contributed by atoms with Gasteiger partial charge in [0.05, 0.1) is 12.7 Å². The topological polar surface area (TPSA) is 45.0 Å². The smallest absolute Gasteiger partial charge is 0.119 e. The predicted molar refractivity (Wildman–Crippen MR) is 71.3 cm³/mol. The maximum Gasteiger partial charge on any atom is 0.119 e. The van der Waals surface area contributed by atoms with E-state index in [2.05, 4.69) is 23.5 Å². The zero-order chi connectivity index (χ0) is 12.6. The van der Waals surface area contributed by atoms with Gasteiger partial charge in [0.1, 0.15) is 5.75 Å². The van der Waals surface area contributed by atoms with Gasteiger partial charge in [-0.25, -0.2) is 0 Å². The zero-order valence-corrected chi connectivity index (χ0v) is 10.7. The first-order valence-corrected chi connectivity index (χ1v) is 6.70. The van der Waals surface area contributed by atoms with E-state index < -0.39 is 0 Å². The monoisotopic (exact) mass is 244 g/mol. The van der Waals surface area contributed by atoms with Crippen molar-refractivity contribution in [2.75, 3.05) is 6.61 Å². The summed E-state index contributed by atoms with van der Waals surface area (Å²) in [6.07, 6.45) is 5.11. The van der Waals surface area contributed by atoms with Gasteiger partial charge in [-0.05, 0) is 43.4 Å². The van der Waals surface area contributed by atoms with Crippen LogP contribution in [0.3, 0.4) is 0 Å². The molecule has 1 aliphatic carbocycles. The number of hydrogen-bond acceptors (Lipinski definition) is 3. The van der Waals surface area contributed by atoms with Crippen molar-refractivity contribution in [1.82, 2.24) is 5.32 Å². The molecule has 0 aromatic heterocycles. The Morgan fingerprint density at radius 2 is 2.22 bits per heavy atom. The Bertz CT molecular complexity index is 407. The standard InChI is InChI=1S/C15H20N2O/c16-9-2-1-3-10-18-15-6-4-5-13(11-15)12-17-14-7-8-14/h4-6,11,14,17H,1-3,7-8,10,12H2. The first-order chi connectivity index (χ1) is 8.88. The van der Waals surface area contributed by atoms with Crippen LogP contribution in [-0.4, -0.2) is 12.6 Å². The van der Waals surface area contributed by atoms with Gasteiger partial charge in [0.25, 0.3) is 0 Å². The zero-order valence-electron chi connectivity index (χ0n) is 10.7. The maximum absolute atomic E-state index is 8.43. The third-order valence-electron chi connectivity index (χ3n) is 3.02. The van der Waals surface area contributed by atoms with E-state index in [0.29, 0.717) is 13.0 Å². The molecule has 18 heavy (non-hydrogen) atoms. The fourth-order valence-corrected chi connectivity index (χ4v) is 1.79. The van der Waals surface area contributed by atoms with E-state index in [9.17, 15) is 0 Å². The molecule has 0 amide bonds. The molecule has 3 nitrogen and oxygen atoms in total. The Balaban J connectivity index is 1.70. The van der Waals surface area contributed by atoms with Crippen molar-refractivity contribution >= 4 is 0 Å². The molecule has 1 aliphatic rings. The molecule has 0 atom stereocenters. The quantitative estimate of drug-likeness (QED) is 0.715. The largest absolute Gasteiger partial charge is 0.494 e. The minimum atomic E-state index is 0.620. The van der Waals surface area contributed by atoms with E-state index in [1.54, 1.807) is 0 Å². The number of nitrogens with one attached hydrogen (secondary N) is 1. The van der Waals surface area contributed by atoms with Crippen LogP contribution in [0.4, 0.5) is 0 Å². The van der Waals surface area contributed by atoms with Crippen LogP contribution in [0.5, 0.6) is 5.75 Å². The van der Waals surface area contributed by atoms with Gasteiger partial charge in [-0.2, -0.15) is 5.26 Å². The van der Waals surface area contributed by atoms with Gasteiger partial charge < -0.3 is 10.1 Å². The minimum Gasteiger partial charge on any atom is -0.494 e. The molecule has 1 N–H and O–H groups in total. The molecule has 0 saturated heterocycles. The third-order valence-corrected chi connectivity index (χ3v) is 3.02. The van der Waals surface area contributed by atoms with E-state index in [0.717, 1.165) is 31.2 Å². The fourth-order valence-electron chi connectivity index (χ4n) is 1.79. The van der Waals surface area contributed by atoms with Crippen LogP contribution in [0, 0.1) is 11.3 Å². The summed E-state index contributed by atoms with van der Waals surface area (Å²) in [4.78, 5) is 0. The average molecular weight is 244 g/mol. The summed E-state index contributed by atoms with van der Waals surface area (Å²) in [6.45, 7) is 1.62. The molecule has 96 valence electrons. The molecule has 0 spiro atoms. The highest BCUT2D eigenvalue weighted by molar-refractivity contribution is 5.28. The van der Waals surface area contributed by atoms with Gasteiger partial charge >= 0.3 is 0 Å². The lowest BCUT2D eigenvalue weighted by Crippen LogP contribution is -2.15. The summed E-state index contributed by atoms with van der Waals surface area (Å²) in [5, 5.41) is 11.9. The number of unbranched alkanes of at least 4 members (excludes halogenated alkanes) is 2. The first-order valence-electron chi connectivity index (χ1n) is 6.70. The Labute approximate surface area is 109 Å². The molecule has 1 saturated carbocycles. The molecular weight excluding hydrogens is 224 g/mol. The predicted octanol–water partition coefficient (Wildman–Crippen LogP) is 3.01. The highest BCUT2D eigenvalue weighted by Gasteiger charge is 2.19. The molecule has 0 heterocycles. The highest BCUT2D eigenvalue weighted by Crippen LogP contribution is 2.20. The van der Waals surface area contributed by atoms with Crippen molar-refractivity contribution in [3.05, 3.63) is 29.8 Å². The first kappa shape index (κ1) is 12.9. The fraction of sp³-hybridized carbons (Fsp3) is 0.533. The van der Waals surface area contributed by atoms with E-state index in [1.165, 1.54) is 18.4 Å². The van der Waals surface area contributed by atoms with E-state index in [4.69, 9.17) is 10.00 Å². The molecule has 0 radical (unpaired) electrons. The van der Waals surface area contributed by atoms with Crippen LogP contribution in [0.2, 0.25) is 0 Å². The summed E-state index contributed by atoms with van der Waals surface area (Å²) in [6, 6.07) is 11.1. The number of benzene rings is 1. The maximum atomic E-state index is 8.43. The molecule has 1 aromatic carbocycles. The van der Waals surface area contributed by atoms with Gasteiger partial charge in [-0.3, -0.25) is 0 Å². The molecule has 3 heteroatoms. The Hall–Kier alpha value is -1.53. The van der Waals surface area contributed by atoms with Crippen molar-refractivity contribution in [3.63, 3.8) is 0 Å². The van der Waals surface area contributed by atoms with E-state index in [1.807, 2.05) is 12.1 Å². The number of rotatable bonds is 8. The summed E-state index contributed by atoms with van der Waals surface area (Å²) >= 11 is 0. The van der Waals surface area contributed by atoms with Gasteiger partial charge in [0.2, 0.25) is 0 Å². The molecule has 0 aliphatic heterocycles. The second-order valence-corrected chi connectivity index (χ2v) is 4.77. The SMILES string of the molecule is N#CCCCCOc1cccc(CNC2CC2)c1. The van der Waals surface area contributed by atoms with Crippen LogP contribution in [-0.2, 0) is 6.54 Å². The van der Waals surface area contributed by atoms with Crippen LogP contribution < -0.4 is 10.1 Å². The number of nitriles is 1. The van der Waals surface area contributed by atoms with Crippen LogP contribution in [0.25, 0.3) is 0 Å². The van der Waals surface area contributed by atoms with Crippen molar-refractivity contribution in [2.45, 2.75) is 44.7 Å². The molecular formula is C15H20N2O.